The molecular formula is C17H23ClN2O2. The van der Waals surface area contributed by atoms with Gasteiger partial charge in [-0.05, 0) is 37.5 Å². The molecule has 0 heterocycles. The van der Waals surface area contributed by atoms with Crippen LogP contribution in [0.1, 0.15) is 31.7 Å². The van der Waals surface area contributed by atoms with Crippen molar-refractivity contribution in [1.29, 1.82) is 0 Å². The van der Waals surface area contributed by atoms with Crippen molar-refractivity contribution < 1.29 is 9.59 Å². The number of halogens is 1. The smallest absolute Gasteiger partial charge is 0.228 e. The first-order valence-corrected chi connectivity index (χ1v) is 8.13. The summed E-state index contributed by atoms with van der Waals surface area (Å²) in [5, 5.41) is 3.47. The van der Waals surface area contributed by atoms with Crippen LogP contribution in [0.3, 0.4) is 0 Å². The molecule has 2 rings (SSSR count). The van der Waals surface area contributed by atoms with Crippen LogP contribution in [0, 0.1) is 18.8 Å². The van der Waals surface area contributed by atoms with Crippen molar-refractivity contribution in [2.24, 2.45) is 11.8 Å². The minimum absolute atomic E-state index is 0.0800. The number of nitrogens with zero attached hydrogens (tertiary/aromatic N) is 1. The number of benzene rings is 1. The highest BCUT2D eigenvalue weighted by Crippen LogP contribution is 2.41. The normalized spacial score (nSPS) is 19.6. The van der Waals surface area contributed by atoms with E-state index >= 15 is 0 Å². The van der Waals surface area contributed by atoms with Crippen LogP contribution in [0.5, 0.6) is 0 Å². The molecule has 4 nitrogen and oxygen atoms in total. The molecule has 0 radical (unpaired) electrons. The zero-order valence-corrected chi connectivity index (χ0v) is 14.1. The largest absolute Gasteiger partial charge is 0.346 e. The fourth-order valence-corrected chi connectivity index (χ4v) is 2.67. The van der Waals surface area contributed by atoms with Crippen molar-refractivity contribution in [3.8, 4) is 0 Å². The molecule has 1 N–H and O–H groups in total. The Morgan fingerprint density at radius 3 is 2.77 bits per heavy atom. The number of anilines is 1. The van der Waals surface area contributed by atoms with E-state index in [1.807, 2.05) is 20.0 Å². The van der Waals surface area contributed by atoms with Gasteiger partial charge < -0.3 is 10.2 Å². The summed E-state index contributed by atoms with van der Waals surface area (Å²) in [5.41, 5.74) is 1.68. The third-order valence-corrected chi connectivity index (χ3v) is 4.36. The van der Waals surface area contributed by atoms with E-state index in [1.165, 1.54) is 0 Å². The molecule has 1 aliphatic rings. The molecule has 1 aromatic carbocycles. The highest BCUT2D eigenvalue weighted by atomic mass is 35.5. The Morgan fingerprint density at radius 2 is 2.09 bits per heavy atom. The average Bonchev–Trinajstić information content (AvgIpc) is 3.28. The van der Waals surface area contributed by atoms with Crippen molar-refractivity contribution in [3.05, 3.63) is 28.8 Å². The number of hydrogen-bond donors (Lipinski definition) is 1. The summed E-state index contributed by atoms with van der Waals surface area (Å²) in [6, 6.07) is 5.39. The number of hydrogen-bond acceptors (Lipinski definition) is 2. The van der Waals surface area contributed by atoms with E-state index in [9.17, 15) is 9.59 Å². The summed E-state index contributed by atoms with van der Waals surface area (Å²) < 4.78 is 0. The van der Waals surface area contributed by atoms with E-state index in [1.54, 1.807) is 17.0 Å². The maximum absolute atomic E-state index is 12.3. The van der Waals surface area contributed by atoms with Gasteiger partial charge >= 0.3 is 0 Å². The van der Waals surface area contributed by atoms with Crippen LogP contribution >= 0.6 is 11.6 Å². The molecule has 120 valence electrons. The topological polar surface area (TPSA) is 49.4 Å². The lowest BCUT2D eigenvalue weighted by Crippen LogP contribution is -2.30. The van der Waals surface area contributed by atoms with Gasteiger partial charge in [-0.15, -0.1) is 0 Å². The number of unbranched alkanes of at least 4 members (excludes halogenated alkanes) is 1. The lowest BCUT2D eigenvalue weighted by Gasteiger charge is -2.16. The van der Waals surface area contributed by atoms with Crippen LogP contribution in [0.25, 0.3) is 0 Å². The van der Waals surface area contributed by atoms with E-state index in [0.29, 0.717) is 11.4 Å². The van der Waals surface area contributed by atoms with Crippen LogP contribution in [-0.4, -0.2) is 30.3 Å². The number of aryl methyl sites for hydroxylation is 1. The number of carbonyl (C=O) groups excluding carboxylic acids is 2. The van der Waals surface area contributed by atoms with Crippen molar-refractivity contribution >= 4 is 29.1 Å². The molecule has 1 aliphatic carbocycles. The van der Waals surface area contributed by atoms with Crippen LogP contribution in [0.4, 0.5) is 5.69 Å². The van der Waals surface area contributed by atoms with Crippen LogP contribution in [-0.2, 0) is 9.59 Å². The van der Waals surface area contributed by atoms with Gasteiger partial charge in [-0.1, -0.05) is 31.0 Å². The predicted molar refractivity (Wildman–Crippen MR) is 89.0 cm³/mol. The molecule has 0 spiro atoms. The van der Waals surface area contributed by atoms with Crippen LogP contribution < -0.4 is 5.32 Å². The third-order valence-electron chi connectivity index (χ3n) is 4.13. The molecule has 1 fully saturated rings. The Labute approximate surface area is 136 Å². The fraction of sp³-hybridized carbons (Fsp3) is 0.529. The SMILES string of the molecule is CCCCN(C)C(=O)C1CC1C(=O)Nc1cc(Cl)ccc1C. The average molecular weight is 323 g/mol. The Hall–Kier alpha value is -1.55. The summed E-state index contributed by atoms with van der Waals surface area (Å²) in [4.78, 5) is 26.2. The standard InChI is InChI=1S/C17H23ClN2O2/c1-4-5-8-20(3)17(22)14-10-13(14)16(21)19-15-9-12(18)7-6-11(15)2/h6-7,9,13-14H,4-5,8,10H2,1-3H3,(H,19,21). The molecule has 0 bridgehead atoms. The number of carbonyl (C=O) groups is 2. The van der Waals surface area contributed by atoms with E-state index in [2.05, 4.69) is 12.2 Å². The maximum Gasteiger partial charge on any atom is 0.228 e. The molecule has 0 saturated heterocycles. The van der Waals surface area contributed by atoms with E-state index in [4.69, 9.17) is 11.6 Å². The molecule has 2 amide bonds. The first kappa shape index (κ1) is 16.8. The number of amides is 2. The van der Waals surface area contributed by atoms with Gasteiger partial charge in [0, 0.05) is 24.3 Å². The second-order valence-corrected chi connectivity index (χ2v) is 6.45. The molecule has 0 aliphatic heterocycles. The van der Waals surface area contributed by atoms with Gasteiger partial charge in [0.05, 0.1) is 11.8 Å². The molecule has 22 heavy (non-hydrogen) atoms. The second kappa shape index (κ2) is 7.14. The minimum atomic E-state index is -0.213. The fourth-order valence-electron chi connectivity index (χ4n) is 2.50. The molecule has 0 aromatic heterocycles. The lowest BCUT2D eigenvalue weighted by molar-refractivity contribution is -0.132. The van der Waals surface area contributed by atoms with Gasteiger partial charge in [0.1, 0.15) is 0 Å². The predicted octanol–water partition coefficient (Wildman–Crippen LogP) is 3.48. The van der Waals surface area contributed by atoms with E-state index in [0.717, 1.165) is 30.6 Å². The zero-order chi connectivity index (χ0) is 16.3. The molecule has 1 saturated carbocycles. The summed E-state index contributed by atoms with van der Waals surface area (Å²) in [6.45, 7) is 4.77. The van der Waals surface area contributed by atoms with Gasteiger partial charge in [-0.3, -0.25) is 9.59 Å². The van der Waals surface area contributed by atoms with Crippen molar-refractivity contribution in [2.45, 2.75) is 33.1 Å². The maximum atomic E-state index is 12.3. The molecule has 1 aromatic rings. The molecule has 5 heteroatoms. The monoisotopic (exact) mass is 322 g/mol. The van der Waals surface area contributed by atoms with Crippen LogP contribution in [0.15, 0.2) is 18.2 Å². The molecule has 2 unspecified atom stereocenters. The van der Waals surface area contributed by atoms with Gasteiger partial charge in [0.25, 0.3) is 0 Å². The summed E-state index contributed by atoms with van der Waals surface area (Å²) in [5.74, 6) is -0.389. The molecule has 2 atom stereocenters. The number of rotatable bonds is 6. The van der Waals surface area contributed by atoms with Gasteiger partial charge in [0.2, 0.25) is 11.8 Å². The van der Waals surface area contributed by atoms with Gasteiger partial charge in [0.15, 0.2) is 0 Å². The Kier molecular flexibility index (Phi) is 5.46. The summed E-state index contributed by atoms with van der Waals surface area (Å²) >= 11 is 5.95. The zero-order valence-electron chi connectivity index (χ0n) is 13.4. The first-order valence-electron chi connectivity index (χ1n) is 7.76. The second-order valence-electron chi connectivity index (χ2n) is 6.01. The minimum Gasteiger partial charge on any atom is -0.346 e. The highest BCUT2D eigenvalue weighted by Gasteiger charge is 2.49. The molecular weight excluding hydrogens is 300 g/mol. The Bertz CT molecular complexity index is 574. The summed E-state index contributed by atoms with van der Waals surface area (Å²) in [6.07, 6.45) is 2.69. The summed E-state index contributed by atoms with van der Waals surface area (Å²) in [7, 11) is 1.81. The highest BCUT2D eigenvalue weighted by molar-refractivity contribution is 6.31. The lowest BCUT2D eigenvalue weighted by atomic mass is 10.2. The quantitative estimate of drug-likeness (QED) is 0.871. The van der Waals surface area contributed by atoms with Gasteiger partial charge in [-0.25, -0.2) is 0 Å². The van der Waals surface area contributed by atoms with Crippen LogP contribution in [0.2, 0.25) is 5.02 Å². The Morgan fingerprint density at radius 1 is 1.36 bits per heavy atom. The third kappa shape index (κ3) is 4.01. The van der Waals surface area contributed by atoms with Crippen molar-refractivity contribution in [3.63, 3.8) is 0 Å². The van der Waals surface area contributed by atoms with E-state index < -0.39 is 0 Å². The van der Waals surface area contributed by atoms with Crippen molar-refractivity contribution in [2.75, 3.05) is 18.9 Å². The van der Waals surface area contributed by atoms with Gasteiger partial charge in [-0.2, -0.15) is 0 Å². The van der Waals surface area contributed by atoms with E-state index in [-0.39, 0.29) is 23.7 Å². The first-order chi connectivity index (χ1) is 10.4. The van der Waals surface area contributed by atoms with Crippen molar-refractivity contribution in [1.82, 2.24) is 4.90 Å². The number of nitrogens with one attached hydrogen (secondary N) is 1. The Balaban J connectivity index is 1.90.